The Balaban J connectivity index is 2.19. The van der Waals surface area contributed by atoms with E-state index in [1.54, 1.807) is 31.2 Å². The van der Waals surface area contributed by atoms with Crippen LogP contribution in [-0.2, 0) is 10.0 Å². The quantitative estimate of drug-likeness (QED) is 0.853. The fourth-order valence-corrected chi connectivity index (χ4v) is 1.85. The Kier molecular flexibility index (Phi) is 3.05. The highest BCUT2D eigenvalue weighted by atomic mass is 32.2. The highest BCUT2D eigenvalue weighted by molar-refractivity contribution is 7.92. The number of aromatic nitrogens is 4. The van der Waals surface area contributed by atoms with Crippen LogP contribution in [0.1, 0.15) is 6.92 Å². The van der Waals surface area contributed by atoms with E-state index in [2.05, 4.69) is 20.2 Å². The number of tetrazole rings is 1. The number of hydrogen-bond donors (Lipinski definition) is 1. The van der Waals surface area contributed by atoms with Crippen LogP contribution in [-0.4, -0.2) is 34.4 Å². The molecule has 0 fully saturated rings. The molecule has 0 bridgehead atoms. The van der Waals surface area contributed by atoms with E-state index < -0.39 is 10.0 Å². The van der Waals surface area contributed by atoms with Gasteiger partial charge in [-0.3, -0.25) is 4.72 Å². The third-order valence-corrected chi connectivity index (χ3v) is 3.44. The molecule has 8 heteroatoms. The van der Waals surface area contributed by atoms with Crippen LogP contribution in [0.5, 0.6) is 0 Å². The lowest BCUT2D eigenvalue weighted by Crippen LogP contribution is -2.14. The average Bonchev–Trinajstić information content (AvgIpc) is 2.83. The van der Waals surface area contributed by atoms with Crippen LogP contribution in [0.4, 0.5) is 5.69 Å². The molecule has 0 aliphatic rings. The molecule has 0 saturated heterocycles. The summed E-state index contributed by atoms with van der Waals surface area (Å²) in [7, 11) is -3.24. The summed E-state index contributed by atoms with van der Waals surface area (Å²) < 4.78 is 26.6. The normalized spacial score (nSPS) is 11.4. The van der Waals surface area contributed by atoms with Crippen molar-refractivity contribution in [3.05, 3.63) is 30.6 Å². The first-order valence-corrected chi connectivity index (χ1v) is 6.60. The van der Waals surface area contributed by atoms with E-state index in [0.29, 0.717) is 5.69 Å². The molecular formula is C9H11N5O2S. The van der Waals surface area contributed by atoms with E-state index >= 15 is 0 Å². The number of rotatable bonds is 4. The van der Waals surface area contributed by atoms with Crippen LogP contribution in [0.3, 0.4) is 0 Å². The van der Waals surface area contributed by atoms with Gasteiger partial charge in [-0.15, -0.1) is 5.10 Å². The molecule has 2 aromatic rings. The van der Waals surface area contributed by atoms with Crippen molar-refractivity contribution in [1.29, 1.82) is 0 Å². The summed E-state index contributed by atoms with van der Waals surface area (Å²) >= 11 is 0. The Morgan fingerprint density at radius 1 is 1.29 bits per heavy atom. The van der Waals surface area contributed by atoms with Crippen molar-refractivity contribution in [2.45, 2.75) is 6.92 Å². The van der Waals surface area contributed by atoms with E-state index in [4.69, 9.17) is 0 Å². The molecule has 2 rings (SSSR count). The molecule has 90 valence electrons. The first-order chi connectivity index (χ1) is 8.11. The molecule has 1 aromatic heterocycles. The van der Waals surface area contributed by atoms with E-state index in [9.17, 15) is 8.42 Å². The van der Waals surface area contributed by atoms with Gasteiger partial charge in [0, 0.05) is 5.69 Å². The van der Waals surface area contributed by atoms with Gasteiger partial charge in [0.25, 0.3) is 0 Å². The van der Waals surface area contributed by atoms with Gasteiger partial charge < -0.3 is 0 Å². The largest absolute Gasteiger partial charge is 0.284 e. The first kappa shape index (κ1) is 11.5. The molecule has 7 nitrogen and oxygen atoms in total. The van der Waals surface area contributed by atoms with E-state index in [0.717, 1.165) is 5.69 Å². The molecule has 0 spiro atoms. The molecule has 0 saturated carbocycles. The lowest BCUT2D eigenvalue weighted by Gasteiger charge is -2.06. The molecule has 17 heavy (non-hydrogen) atoms. The number of sulfonamides is 1. The van der Waals surface area contributed by atoms with E-state index in [-0.39, 0.29) is 5.75 Å². The van der Waals surface area contributed by atoms with Gasteiger partial charge in [-0.2, -0.15) is 0 Å². The topological polar surface area (TPSA) is 89.8 Å². The van der Waals surface area contributed by atoms with Crippen LogP contribution >= 0.6 is 0 Å². The summed E-state index contributed by atoms with van der Waals surface area (Å²) in [5, 5.41) is 10.8. The van der Waals surface area contributed by atoms with Gasteiger partial charge in [0.1, 0.15) is 6.33 Å². The van der Waals surface area contributed by atoms with Gasteiger partial charge in [0.05, 0.1) is 11.4 Å². The minimum atomic E-state index is -3.24. The summed E-state index contributed by atoms with van der Waals surface area (Å²) in [5.41, 5.74) is 1.28. The zero-order valence-corrected chi connectivity index (χ0v) is 9.92. The van der Waals surface area contributed by atoms with Crippen LogP contribution in [0.25, 0.3) is 5.69 Å². The standard InChI is InChI=1S/C9H11N5O2S/c1-2-17(15,16)11-8-3-5-9(6-4-8)14-7-10-12-13-14/h3-7,11H,2H2,1H3. The van der Waals surface area contributed by atoms with Crippen molar-refractivity contribution in [2.24, 2.45) is 0 Å². The summed E-state index contributed by atoms with van der Waals surface area (Å²) in [4.78, 5) is 0. The van der Waals surface area contributed by atoms with Gasteiger partial charge in [-0.1, -0.05) is 0 Å². The predicted molar refractivity (Wildman–Crippen MR) is 62.2 cm³/mol. The highest BCUT2D eigenvalue weighted by Crippen LogP contribution is 2.13. The maximum atomic E-state index is 11.3. The smallest absolute Gasteiger partial charge is 0.232 e. The van der Waals surface area contributed by atoms with Crippen molar-refractivity contribution in [3.8, 4) is 5.69 Å². The molecule has 1 aromatic carbocycles. The van der Waals surface area contributed by atoms with Gasteiger partial charge in [0.15, 0.2) is 0 Å². The minimum Gasteiger partial charge on any atom is -0.284 e. The third-order valence-electron chi connectivity index (χ3n) is 2.13. The zero-order valence-electron chi connectivity index (χ0n) is 9.11. The van der Waals surface area contributed by atoms with E-state index in [1.165, 1.54) is 11.0 Å². The Morgan fingerprint density at radius 2 is 2.00 bits per heavy atom. The fourth-order valence-electron chi connectivity index (χ4n) is 1.21. The summed E-state index contributed by atoms with van der Waals surface area (Å²) in [6.07, 6.45) is 1.46. The van der Waals surface area contributed by atoms with Crippen LogP contribution in [0.2, 0.25) is 0 Å². The molecule has 0 atom stereocenters. The molecule has 0 radical (unpaired) electrons. The Morgan fingerprint density at radius 3 is 2.53 bits per heavy atom. The zero-order chi connectivity index (χ0) is 12.3. The Hall–Kier alpha value is -1.96. The molecule has 0 amide bonds. The molecular weight excluding hydrogens is 242 g/mol. The van der Waals surface area contributed by atoms with Crippen molar-refractivity contribution < 1.29 is 8.42 Å². The minimum absolute atomic E-state index is 0.0434. The maximum absolute atomic E-state index is 11.3. The van der Waals surface area contributed by atoms with Crippen molar-refractivity contribution in [1.82, 2.24) is 20.2 Å². The molecule has 1 heterocycles. The first-order valence-electron chi connectivity index (χ1n) is 4.94. The van der Waals surface area contributed by atoms with Gasteiger partial charge in [-0.05, 0) is 41.6 Å². The lowest BCUT2D eigenvalue weighted by atomic mass is 10.3. The monoisotopic (exact) mass is 253 g/mol. The molecule has 0 unspecified atom stereocenters. The second-order valence-electron chi connectivity index (χ2n) is 3.31. The molecule has 1 N–H and O–H groups in total. The second-order valence-corrected chi connectivity index (χ2v) is 5.32. The predicted octanol–water partition coefficient (Wildman–Crippen LogP) is 0.424. The number of nitrogens with zero attached hydrogens (tertiary/aromatic N) is 4. The van der Waals surface area contributed by atoms with Gasteiger partial charge in [-0.25, -0.2) is 13.1 Å². The number of anilines is 1. The Bertz CT molecular complexity index is 576. The van der Waals surface area contributed by atoms with E-state index in [1.807, 2.05) is 0 Å². The highest BCUT2D eigenvalue weighted by Gasteiger charge is 2.06. The van der Waals surface area contributed by atoms with Crippen molar-refractivity contribution >= 4 is 15.7 Å². The Labute approximate surface area is 98.5 Å². The maximum Gasteiger partial charge on any atom is 0.232 e. The molecule has 0 aliphatic heterocycles. The second kappa shape index (κ2) is 4.50. The molecule has 0 aliphatic carbocycles. The summed E-state index contributed by atoms with van der Waals surface area (Å²) in [5.74, 6) is 0.0434. The van der Waals surface area contributed by atoms with Gasteiger partial charge >= 0.3 is 0 Å². The van der Waals surface area contributed by atoms with Crippen molar-refractivity contribution in [3.63, 3.8) is 0 Å². The number of nitrogens with one attached hydrogen (secondary N) is 1. The lowest BCUT2D eigenvalue weighted by molar-refractivity contribution is 0.602. The SMILES string of the molecule is CCS(=O)(=O)Nc1ccc(-n2cnnn2)cc1. The third kappa shape index (κ3) is 2.78. The fraction of sp³-hybridized carbons (Fsp3) is 0.222. The summed E-state index contributed by atoms with van der Waals surface area (Å²) in [6.45, 7) is 1.58. The van der Waals surface area contributed by atoms with Crippen LogP contribution in [0, 0.1) is 0 Å². The van der Waals surface area contributed by atoms with Crippen molar-refractivity contribution in [2.75, 3.05) is 10.5 Å². The van der Waals surface area contributed by atoms with Crippen LogP contribution < -0.4 is 4.72 Å². The van der Waals surface area contributed by atoms with Crippen LogP contribution in [0.15, 0.2) is 30.6 Å². The van der Waals surface area contributed by atoms with Gasteiger partial charge in [0.2, 0.25) is 10.0 Å². The average molecular weight is 253 g/mol. The summed E-state index contributed by atoms with van der Waals surface area (Å²) in [6, 6.07) is 6.77. The number of benzene rings is 1. The number of hydrogen-bond acceptors (Lipinski definition) is 5.